The summed E-state index contributed by atoms with van der Waals surface area (Å²) in [5.41, 5.74) is 4.91. The lowest BCUT2D eigenvalue weighted by atomic mass is 9.77. The van der Waals surface area contributed by atoms with Crippen molar-refractivity contribution in [1.82, 2.24) is 9.80 Å². The highest BCUT2D eigenvalue weighted by atomic mass is 35.5. The van der Waals surface area contributed by atoms with Crippen LogP contribution in [0.2, 0.25) is 0 Å². The maximum Gasteiger partial charge on any atom is 0.227 e. The van der Waals surface area contributed by atoms with Gasteiger partial charge >= 0.3 is 0 Å². The van der Waals surface area contributed by atoms with Crippen molar-refractivity contribution in [3.63, 3.8) is 0 Å². The highest BCUT2D eigenvalue weighted by molar-refractivity contribution is 5.85. The number of fused-ring (bicyclic) bond motifs is 2. The van der Waals surface area contributed by atoms with Crippen LogP contribution in [0.3, 0.4) is 0 Å². The molecule has 39 heavy (non-hydrogen) atoms. The zero-order valence-electron chi connectivity index (χ0n) is 23.4. The molecule has 1 aliphatic heterocycles. The van der Waals surface area contributed by atoms with Crippen molar-refractivity contribution in [3.05, 3.63) is 46.5 Å². The summed E-state index contributed by atoms with van der Waals surface area (Å²) in [7, 11) is 8.79. The first-order chi connectivity index (χ1) is 16.5. The van der Waals surface area contributed by atoms with Crippen LogP contribution in [0, 0.1) is 0 Å². The van der Waals surface area contributed by atoms with E-state index in [1.54, 1.807) is 28.4 Å². The van der Waals surface area contributed by atoms with Crippen LogP contribution in [0.4, 0.5) is 0 Å². The van der Waals surface area contributed by atoms with Gasteiger partial charge < -0.3 is 50.7 Å². The Hall–Kier alpha value is -2.80. The molecule has 0 fully saturated rings. The standard InChI is InChI=1S/C27H36N2O5.ClH.4H2O/c1-28(17-21-11-20-14-25(33-4)26(34-5)16-22(20)21)8-6-9-29-10-7-18-12-23(31-2)24(32-3)13-19(18)15-27(29)30;;;;;/h12-14,16,21H,6-11,15,17H2,1-5H3;1H;4*1H2/t21-;;;;;/m1...../s1. The number of ether oxygens (including phenoxy) is 4. The first kappa shape index (κ1) is 38.3. The predicted octanol–water partition coefficient (Wildman–Crippen LogP) is 0.433. The minimum atomic E-state index is 0. The third kappa shape index (κ3) is 8.34. The van der Waals surface area contributed by atoms with E-state index in [0.29, 0.717) is 18.1 Å². The molecular weight excluding hydrogens is 532 g/mol. The molecule has 2 aromatic carbocycles. The van der Waals surface area contributed by atoms with Crippen LogP contribution in [-0.4, -0.2) is 99.3 Å². The zero-order valence-corrected chi connectivity index (χ0v) is 24.2. The van der Waals surface area contributed by atoms with E-state index < -0.39 is 0 Å². The van der Waals surface area contributed by atoms with Gasteiger partial charge in [-0.25, -0.2) is 0 Å². The van der Waals surface area contributed by atoms with Crippen molar-refractivity contribution < 1.29 is 45.6 Å². The number of methoxy groups -OCH3 is 4. The Morgan fingerprint density at radius 3 is 1.90 bits per heavy atom. The summed E-state index contributed by atoms with van der Waals surface area (Å²) in [6.45, 7) is 3.47. The molecule has 1 atom stereocenters. The number of amides is 1. The number of rotatable bonds is 10. The lowest BCUT2D eigenvalue weighted by Crippen LogP contribution is -2.36. The largest absolute Gasteiger partial charge is 0.493 e. The molecule has 0 saturated carbocycles. The average Bonchev–Trinajstić information content (AvgIpc) is 2.98. The van der Waals surface area contributed by atoms with Crippen molar-refractivity contribution in [3.8, 4) is 23.0 Å². The molecule has 0 unspecified atom stereocenters. The Morgan fingerprint density at radius 1 is 0.821 bits per heavy atom. The van der Waals surface area contributed by atoms with Gasteiger partial charge in [0.25, 0.3) is 0 Å². The first-order valence-electron chi connectivity index (χ1n) is 11.9. The minimum absolute atomic E-state index is 0. The average molecular weight is 577 g/mol. The Morgan fingerprint density at radius 2 is 1.33 bits per heavy atom. The van der Waals surface area contributed by atoms with Crippen LogP contribution in [0.25, 0.3) is 0 Å². The van der Waals surface area contributed by atoms with E-state index in [1.165, 1.54) is 16.7 Å². The number of carbonyl (C=O) groups excluding carboxylic acids is 1. The molecule has 1 amide bonds. The predicted molar refractivity (Wildman–Crippen MR) is 153 cm³/mol. The third-order valence-corrected chi connectivity index (χ3v) is 7.10. The fourth-order valence-electron chi connectivity index (χ4n) is 5.15. The number of carbonyl (C=O) groups is 1. The maximum atomic E-state index is 12.9. The van der Waals surface area contributed by atoms with Crippen molar-refractivity contribution >= 4 is 18.3 Å². The summed E-state index contributed by atoms with van der Waals surface area (Å²) in [6, 6.07) is 8.18. The smallest absolute Gasteiger partial charge is 0.227 e. The molecule has 0 spiro atoms. The van der Waals surface area contributed by atoms with Crippen LogP contribution in [0.5, 0.6) is 23.0 Å². The van der Waals surface area contributed by atoms with Gasteiger partial charge in [-0.2, -0.15) is 0 Å². The highest BCUT2D eigenvalue weighted by Gasteiger charge is 2.29. The van der Waals surface area contributed by atoms with Gasteiger partial charge in [0.2, 0.25) is 5.91 Å². The molecule has 1 heterocycles. The van der Waals surface area contributed by atoms with Gasteiger partial charge in [-0.1, -0.05) is 0 Å². The summed E-state index contributed by atoms with van der Waals surface area (Å²) < 4.78 is 21.7. The van der Waals surface area contributed by atoms with Crippen LogP contribution in [-0.2, 0) is 24.1 Å². The molecule has 224 valence electrons. The molecule has 0 radical (unpaired) electrons. The number of halogens is 1. The van der Waals surface area contributed by atoms with Crippen molar-refractivity contribution in [2.24, 2.45) is 0 Å². The van der Waals surface area contributed by atoms with E-state index in [2.05, 4.69) is 24.1 Å². The summed E-state index contributed by atoms with van der Waals surface area (Å²) in [6.07, 6.45) is 3.27. The number of nitrogens with zero attached hydrogens (tertiary/aromatic N) is 2. The van der Waals surface area contributed by atoms with Gasteiger partial charge in [-0.05, 0) is 79.4 Å². The molecule has 2 aromatic rings. The van der Waals surface area contributed by atoms with Gasteiger partial charge in [0.15, 0.2) is 23.0 Å². The van der Waals surface area contributed by atoms with Crippen LogP contribution < -0.4 is 18.9 Å². The van der Waals surface area contributed by atoms with Crippen molar-refractivity contribution in [2.75, 3.05) is 61.7 Å². The monoisotopic (exact) mass is 576 g/mol. The maximum absolute atomic E-state index is 12.9. The first-order valence-corrected chi connectivity index (χ1v) is 11.9. The number of hydrogen-bond donors (Lipinski definition) is 0. The van der Waals surface area contributed by atoms with Crippen LogP contribution >= 0.6 is 12.4 Å². The molecule has 11 nitrogen and oxygen atoms in total. The Bertz CT molecular complexity index is 1050. The van der Waals surface area contributed by atoms with E-state index in [4.69, 9.17) is 18.9 Å². The van der Waals surface area contributed by atoms with E-state index in [-0.39, 0.29) is 40.2 Å². The summed E-state index contributed by atoms with van der Waals surface area (Å²) >= 11 is 0. The minimum Gasteiger partial charge on any atom is -0.493 e. The second-order valence-corrected chi connectivity index (χ2v) is 9.21. The van der Waals surface area contributed by atoms with Gasteiger partial charge in [-0.3, -0.25) is 4.79 Å². The Kier molecular flexibility index (Phi) is 16.7. The van der Waals surface area contributed by atoms with Crippen molar-refractivity contribution in [1.29, 1.82) is 0 Å². The highest BCUT2D eigenvalue weighted by Crippen LogP contribution is 2.42. The molecular formula is C27H45ClN2O9. The molecule has 4 rings (SSSR count). The molecule has 12 heteroatoms. The third-order valence-electron chi connectivity index (χ3n) is 7.10. The van der Waals surface area contributed by atoms with E-state index in [9.17, 15) is 4.79 Å². The molecule has 0 aromatic heterocycles. The molecule has 8 N–H and O–H groups in total. The van der Waals surface area contributed by atoms with Crippen LogP contribution in [0.15, 0.2) is 24.3 Å². The van der Waals surface area contributed by atoms with Gasteiger partial charge in [-0.15, -0.1) is 12.4 Å². The van der Waals surface area contributed by atoms with Gasteiger partial charge in [0.1, 0.15) is 0 Å². The van der Waals surface area contributed by atoms with E-state index in [1.807, 2.05) is 17.0 Å². The van der Waals surface area contributed by atoms with Crippen LogP contribution in [0.1, 0.15) is 34.6 Å². The number of hydrogen-bond acceptors (Lipinski definition) is 6. The number of benzene rings is 2. The summed E-state index contributed by atoms with van der Waals surface area (Å²) in [5.74, 6) is 3.69. The SMILES string of the molecule is COc1cc2c(cc1OC)CC(=O)N(CCCN(C)C[C@H]1Cc3cc(OC)c(OC)cc31)CC2.Cl.O.O.O.O. The topological polar surface area (TPSA) is 186 Å². The number of likely N-dealkylation sites (N-methyl/N-ethyl adjacent to an activating group) is 1. The summed E-state index contributed by atoms with van der Waals surface area (Å²) in [5, 5.41) is 0. The van der Waals surface area contributed by atoms with Gasteiger partial charge in [0, 0.05) is 25.6 Å². The lowest BCUT2D eigenvalue weighted by Gasteiger charge is -2.34. The molecule has 1 aliphatic carbocycles. The normalized spacial score (nSPS) is 14.8. The van der Waals surface area contributed by atoms with Crippen molar-refractivity contribution in [2.45, 2.75) is 31.6 Å². The molecule has 0 bridgehead atoms. The van der Waals surface area contributed by atoms with E-state index in [0.717, 1.165) is 68.3 Å². The summed E-state index contributed by atoms with van der Waals surface area (Å²) in [4.78, 5) is 17.3. The Balaban J connectivity index is 0. The second-order valence-electron chi connectivity index (χ2n) is 9.21. The Labute approximate surface area is 236 Å². The fraction of sp³-hybridized carbons (Fsp3) is 0.519. The quantitative estimate of drug-likeness (QED) is 0.394. The van der Waals surface area contributed by atoms with Gasteiger partial charge in [0.05, 0.1) is 34.9 Å². The van der Waals surface area contributed by atoms with E-state index >= 15 is 0 Å². The lowest BCUT2D eigenvalue weighted by molar-refractivity contribution is -0.130. The fourth-order valence-corrected chi connectivity index (χ4v) is 5.15. The second kappa shape index (κ2) is 17.0. The zero-order chi connectivity index (χ0) is 24.2. The molecule has 2 aliphatic rings. The molecule has 0 saturated heterocycles.